The molecule has 0 fully saturated rings. The molecule has 3 rings (SSSR count). The zero-order valence-electron chi connectivity index (χ0n) is 10.3. The predicted octanol–water partition coefficient (Wildman–Crippen LogP) is 4.37. The summed E-state index contributed by atoms with van der Waals surface area (Å²) in [6, 6.07) is 13.3. The second kappa shape index (κ2) is 5.26. The van der Waals surface area contributed by atoms with E-state index in [1.54, 1.807) is 6.07 Å². The number of nitrogens with zero attached hydrogens (tertiary/aromatic N) is 2. The second-order valence-corrected chi connectivity index (χ2v) is 5.46. The van der Waals surface area contributed by atoms with Gasteiger partial charge in [-0.2, -0.15) is 4.98 Å². The van der Waals surface area contributed by atoms with Gasteiger partial charge in [-0.3, -0.25) is 0 Å². The molecule has 0 bridgehead atoms. The van der Waals surface area contributed by atoms with Crippen molar-refractivity contribution < 1.29 is 0 Å². The fourth-order valence-electron chi connectivity index (χ4n) is 1.90. The standard InChI is InChI=1S/C14H10BrClN4/c15-10-7-8(5-6-11(10)16)18-13-9-3-1-2-4-12(9)19-14(17)20-13/h1-7H,(H3,17,18,19,20). The summed E-state index contributed by atoms with van der Waals surface area (Å²) in [5.74, 6) is 0.904. The largest absolute Gasteiger partial charge is 0.368 e. The van der Waals surface area contributed by atoms with E-state index in [0.29, 0.717) is 10.8 Å². The minimum absolute atomic E-state index is 0.235. The van der Waals surface area contributed by atoms with Crippen molar-refractivity contribution in [3.8, 4) is 0 Å². The molecule has 6 heteroatoms. The predicted molar refractivity (Wildman–Crippen MR) is 86.4 cm³/mol. The molecule has 0 saturated carbocycles. The van der Waals surface area contributed by atoms with Gasteiger partial charge in [0.1, 0.15) is 5.82 Å². The Hall–Kier alpha value is -1.85. The molecular weight excluding hydrogens is 340 g/mol. The minimum atomic E-state index is 0.235. The molecule has 3 aromatic rings. The number of hydrogen-bond acceptors (Lipinski definition) is 4. The molecule has 100 valence electrons. The van der Waals surface area contributed by atoms with Gasteiger partial charge in [-0.1, -0.05) is 23.7 Å². The molecule has 2 aromatic carbocycles. The summed E-state index contributed by atoms with van der Waals surface area (Å²) in [7, 11) is 0. The second-order valence-electron chi connectivity index (χ2n) is 4.20. The van der Waals surface area contributed by atoms with Gasteiger partial charge in [0.2, 0.25) is 5.95 Å². The lowest BCUT2D eigenvalue weighted by atomic mass is 10.2. The van der Waals surface area contributed by atoms with Gasteiger partial charge in [0.15, 0.2) is 0 Å². The lowest BCUT2D eigenvalue weighted by Crippen LogP contribution is -2.01. The van der Waals surface area contributed by atoms with Crippen molar-refractivity contribution in [2.75, 3.05) is 11.1 Å². The molecule has 0 aliphatic heterocycles. The molecule has 0 saturated heterocycles. The van der Waals surface area contributed by atoms with Crippen LogP contribution in [0, 0.1) is 0 Å². The molecule has 0 atom stereocenters. The third-order valence-electron chi connectivity index (χ3n) is 2.80. The SMILES string of the molecule is Nc1nc(Nc2ccc(Cl)c(Br)c2)c2ccccc2n1. The molecule has 0 amide bonds. The van der Waals surface area contributed by atoms with Gasteiger partial charge < -0.3 is 11.1 Å². The summed E-state index contributed by atoms with van der Waals surface area (Å²) in [5, 5.41) is 4.80. The number of nitrogens with one attached hydrogen (secondary N) is 1. The first kappa shape index (κ1) is 13.1. The van der Waals surface area contributed by atoms with Crippen LogP contribution < -0.4 is 11.1 Å². The fraction of sp³-hybridized carbons (Fsp3) is 0. The Kier molecular flexibility index (Phi) is 3.46. The number of benzene rings is 2. The van der Waals surface area contributed by atoms with E-state index >= 15 is 0 Å². The normalized spacial score (nSPS) is 10.7. The van der Waals surface area contributed by atoms with E-state index in [0.717, 1.165) is 21.1 Å². The van der Waals surface area contributed by atoms with E-state index in [-0.39, 0.29) is 5.95 Å². The third kappa shape index (κ3) is 2.55. The highest BCUT2D eigenvalue weighted by atomic mass is 79.9. The molecule has 0 aliphatic carbocycles. The maximum Gasteiger partial charge on any atom is 0.222 e. The maximum absolute atomic E-state index is 5.98. The molecular formula is C14H10BrClN4. The molecule has 20 heavy (non-hydrogen) atoms. The topological polar surface area (TPSA) is 63.8 Å². The maximum atomic E-state index is 5.98. The molecule has 0 radical (unpaired) electrons. The summed E-state index contributed by atoms with van der Waals surface area (Å²) in [6.07, 6.45) is 0. The van der Waals surface area contributed by atoms with Crippen molar-refractivity contribution in [3.05, 3.63) is 52.0 Å². The highest BCUT2D eigenvalue weighted by Gasteiger charge is 2.07. The van der Waals surface area contributed by atoms with E-state index in [2.05, 4.69) is 31.2 Å². The highest BCUT2D eigenvalue weighted by Crippen LogP contribution is 2.29. The van der Waals surface area contributed by atoms with Crippen LogP contribution in [-0.2, 0) is 0 Å². The summed E-state index contributed by atoms with van der Waals surface area (Å²) >= 11 is 9.38. The lowest BCUT2D eigenvalue weighted by Gasteiger charge is -2.10. The molecule has 0 spiro atoms. The van der Waals surface area contributed by atoms with Crippen LogP contribution in [0.2, 0.25) is 5.02 Å². The smallest absolute Gasteiger partial charge is 0.222 e. The van der Waals surface area contributed by atoms with Gasteiger partial charge in [0.05, 0.1) is 10.5 Å². The Morgan fingerprint density at radius 3 is 2.70 bits per heavy atom. The molecule has 4 nitrogen and oxygen atoms in total. The van der Waals surface area contributed by atoms with Crippen LogP contribution in [-0.4, -0.2) is 9.97 Å². The Balaban J connectivity index is 2.07. The summed E-state index contributed by atoms with van der Waals surface area (Å²) in [5.41, 5.74) is 7.41. The van der Waals surface area contributed by atoms with Crippen LogP contribution in [0.3, 0.4) is 0 Å². The molecule has 1 aromatic heterocycles. The Morgan fingerprint density at radius 2 is 1.90 bits per heavy atom. The number of nitrogens with two attached hydrogens (primary N) is 1. The number of nitrogen functional groups attached to an aromatic ring is 1. The van der Waals surface area contributed by atoms with Crippen molar-refractivity contribution in [1.29, 1.82) is 0 Å². The fourth-order valence-corrected chi connectivity index (χ4v) is 2.40. The van der Waals surface area contributed by atoms with E-state index < -0.39 is 0 Å². The van der Waals surface area contributed by atoms with Crippen molar-refractivity contribution in [2.45, 2.75) is 0 Å². The average molecular weight is 350 g/mol. The van der Waals surface area contributed by atoms with Gasteiger partial charge in [-0.25, -0.2) is 4.98 Å². The quantitative estimate of drug-likeness (QED) is 0.721. The number of rotatable bonds is 2. The van der Waals surface area contributed by atoms with E-state index in [9.17, 15) is 0 Å². The Bertz CT molecular complexity index is 791. The Labute approximate surface area is 129 Å². The first-order valence-corrected chi connectivity index (χ1v) is 7.05. The monoisotopic (exact) mass is 348 g/mol. The van der Waals surface area contributed by atoms with Crippen molar-refractivity contribution >= 4 is 55.9 Å². The van der Waals surface area contributed by atoms with E-state index in [4.69, 9.17) is 17.3 Å². The average Bonchev–Trinajstić information content (AvgIpc) is 2.43. The number of aromatic nitrogens is 2. The Morgan fingerprint density at radius 1 is 1.10 bits per heavy atom. The lowest BCUT2D eigenvalue weighted by molar-refractivity contribution is 1.23. The summed E-state index contributed by atoms with van der Waals surface area (Å²) in [6.45, 7) is 0. The van der Waals surface area contributed by atoms with Crippen LogP contribution >= 0.6 is 27.5 Å². The summed E-state index contributed by atoms with van der Waals surface area (Å²) in [4.78, 5) is 8.46. The number of para-hydroxylation sites is 1. The van der Waals surface area contributed by atoms with E-state index in [1.807, 2.05) is 36.4 Å². The molecule has 3 N–H and O–H groups in total. The van der Waals surface area contributed by atoms with Crippen LogP contribution in [0.15, 0.2) is 46.9 Å². The van der Waals surface area contributed by atoms with Crippen LogP contribution in [0.1, 0.15) is 0 Å². The van der Waals surface area contributed by atoms with Gasteiger partial charge in [-0.15, -0.1) is 0 Å². The van der Waals surface area contributed by atoms with Crippen molar-refractivity contribution in [3.63, 3.8) is 0 Å². The summed E-state index contributed by atoms with van der Waals surface area (Å²) < 4.78 is 0.815. The van der Waals surface area contributed by atoms with E-state index in [1.165, 1.54) is 0 Å². The number of hydrogen-bond donors (Lipinski definition) is 2. The van der Waals surface area contributed by atoms with Gasteiger partial charge >= 0.3 is 0 Å². The third-order valence-corrected chi connectivity index (χ3v) is 4.02. The van der Waals surface area contributed by atoms with Crippen molar-refractivity contribution in [2.24, 2.45) is 0 Å². The van der Waals surface area contributed by atoms with Gasteiger partial charge in [0, 0.05) is 15.5 Å². The number of anilines is 3. The zero-order valence-corrected chi connectivity index (χ0v) is 12.6. The van der Waals surface area contributed by atoms with Crippen LogP contribution in [0.25, 0.3) is 10.9 Å². The van der Waals surface area contributed by atoms with Gasteiger partial charge in [0.25, 0.3) is 0 Å². The number of fused-ring (bicyclic) bond motifs is 1. The molecule has 0 aliphatic rings. The van der Waals surface area contributed by atoms with Gasteiger partial charge in [-0.05, 0) is 46.3 Å². The van der Waals surface area contributed by atoms with Crippen LogP contribution in [0.5, 0.6) is 0 Å². The first-order chi connectivity index (χ1) is 9.63. The van der Waals surface area contributed by atoms with Crippen molar-refractivity contribution in [1.82, 2.24) is 9.97 Å². The zero-order chi connectivity index (χ0) is 14.1. The minimum Gasteiger partial charge on any atom is -0.368 e. The molecule has 1 heterocycles. The first-order valence-electron chi connectivity index (χ1n) is 5.88. The molecule has 0 unspecified atom stereocenters. The highest BCUT2D eigenvalue weighted by molar-refractivity contribution is 9.10. The van der Waals surface area contributed by atoms with Crippen LogP contribution in [0.4, 0.5) is 17.5 Å². The number of halogens is 2.